The number of hydrogen-bond acceptors (Lipinski definition) is 4. The first-order valence-electron chi connectivity index (χ1n) is 5.25. The number of carbonyl (C=O) groups is 1. The SMILES string of the molecule is CNC(=O)OCc1cc(-c2ccc(Br)cc2)no1. The Hall–Kier alpha value is -1.82. The van der Waals surface area contributed by atoms with E-state index >= 15 is 0 Å². The number of nitrogens with zero attached hydrogens (tertiary/aromatic N) is 1. The zero-order chi connectivity index (χ0) is 13.0. The fourth-order valence-corrected chi connectivity index (χ4v) is 1.61. The first-order chi connectivity index (χ1) is 8.69. The van der Waals surface area contributed by atoms with E-state index in [0.717, 1.165) is 10.0 Å². The van der Waals surface area contributed by atoms with E-state index in [-0.39, 0.29) is 6.61 Å². The molecule has 0 aliphatic rings. The minimum Gasteiger partial charge on any atom is -0.441 e. The first-order valence-corrected chi connectivity index (χ1v) is 6.04. The van der Waals surface area contributed by atoms with Gasteiger partial charge in [0.25, 0.3) is 0 Å². The Morgan fingerprint density at radius 1 is 1.44 bits per heavy atom. The van der Waals surface area contributed by atoms with E-state index in [4.69, 9.17) is 9.26 Å². The molecule has 94 valence electrons. The van der Waals surface area contributed by atoms with Gasteiger partial charge in [0, 0.05) is 23.2 Å². The Labute approximate surface area is 112 Å². The lowest BCUT2D eigenvalue weighted by molar-refractivity contribution is 0.130. The number of carbonyl (C=O) groups excluding carboxylic acids is 1. The zero-order valence-corrected chi connectivity index (χ0v) is 11.2. The lowest BCUT2D eigenvalue weighted by Crippen LogP contribution is -2.18. The number of ether oxygens (including phenoxy) is 1. The number of amides is 1. The number of rotatable bonds is 3. The lowest BCUT2D eigenvalue weighted by Gasteiger charge is -1.98. The Morgan fingerprint density at radius 3 is 2.83 bits per heavy atom. The molecule has 0 spiro atoms. The largest absolute Gasteiger partial charge is 0.441 e. The van der Waals surface area contributed by atoms with Crippen LogP contribution in [0.4, 0.5) is 4.79 Å². The van der Waals surface area contributed by atoms with Gasteiger partial charge in [-0.15, -0.1) is 0 Å². The Bertz CT molecular complexity index is 537. The van der Waals surface area contributed by atoms with Gasteiger partial charge in [-0.2, -0.15) is 0 Å². The molecule has 18 heavy (non-hydrogen) atoms. The molecule has 0 atom stereocenters. The Kier molecular flexibility index (Phi) is 3.99. The normalized spacial score (nSPS) is 10.1. The smallest absolute Gasteiger partial charge is 0.407 e. The van der Waals surface area contributed by atoms with Gasteiger partial charge >= 0.3 is 6.09 Å². The summed E-state index contributed by atoms with van der Waals surface area (Å²) in [6.07, 6.45) is -0.503. The summed E-state index contributed by atoms with van der Waals surface area (Å²) in [5.41, 5.74) is 1.64. The van der Waals surface area contributed by atoms with Gasteiger partial charge in [0.15, 0.2) is 12.4 Å². The molecule has 2 rings (SSSR count). The summed E-state index contributed by atoms with van der Waals surface area (Å²) in [5.74, 6) is 0.497. The summed E-state index contributed by atoms with van der Waals surface area (Å²) in [5, 5.41) is 6.27. The van der Waals surface area contributed by atoms with Gasteiger partial charge in [-0.05, 0) is 12.1 Å². The summed E-state index contributed by atoms with van der Waals surface area (Å²) in [7, 11) is 1.50. The number of hydrogen-bond donors (Lipinski definition) is 1. The Morgan fingerprint density at radius 2 is 2.17 bits per heavy atom. The predicted molar refractivity (Wildman–Crippen MR) is 68.9 cm³/mol. The van der Waals surface area contributed by atoms with Crippen LogP contribution in [0.5, 0.6) is 0 Å². The minimum absolute atomic E-state index is 0.0587. The quantitative estimate of drug-likeness (QED) is 0.946. The number of aromatic nitrogens is 1. The van der Waals surface area contributed by atoms with Crippen LogP contribution in [0.1, 0.15) is 5.76 Å². The molecule has 1 aromatic carbocycles. The van der Waals surface area contributed by atoms with Crippen molar-refractivity contribution in [2.45, 2.75) is 6.61 Å². The third-order valence-electron chi connectivity index (χ3n) is 2.25. The maximum atomic E-state index is 10.9. The van der Waals surface area contributed by atoms with Crippen molar-refractivity contribution >= 4 is 22.0 Å². The highest BCUT2D eigenvalue weighted by molar-refractivity contribution is 9.10. The third-order valence-corrected chi connectivity index (χ3v) is 2.78. The molecule has 0 saturated carbocycles. The number of alkyl carbamates (subject to hydrolysis) is 1. The number of benzene rings is 1. The van der Waals surface area contributed by atoms with E-state index < -0.39 is 6.09 Å². The van der Waals surface area contributed by atoms with Gasteiger partial charge in [0.05, 0.1) is 0 Å². The standard InChI is InChI=1S/C12H11BrN2O3/c1-14-12(16)17-7-10-6-11(15-18-10)8-2-4-9(13)5-3-8/h2-6H,7H2,1H3,(H,14,16). The molecule has 0 unspecified atom stereocenters. The lowest BCUT2D eigenvalue weighted by atomic mass is 10.1. The second-order valence-corrected chi connectivity index (χ2v) is 4.43. The van der Waals surface area contributed by atoms with Crippen molar-refractivity contribution in [2.75, 3.05) is 7.05 Å². The highest BCUT2D eigenvalue weighted by atomic mass is 79.9. The van der Waals surface area contributed by atoms with Gasteiger partial charge < -0.3 is 14.6 Å². The molecule has 1 amide bonds. The van der Waals surface area contributed by atoms with Gasteiger partial charge in [0.2, 0.25) is 0 Å². The Balaban J connectivity index is 2.06. The minimum atomic E-state index is -0.503. The summed E-state index contributed by atoms with van der Waals surface area (Å²) in [4.78, 5) is 10.9. The topological polar surface area (TPSA) is 64.4 Å². The molecule has 1 heterocycles. The van der Waals surface area contributed by atoms with Crippen molar-refractivity contribution < 1.29 is 14.1 Å². The van der Waals surface area contributed by atoms with Crippen LogP contribution in [0.3, 0.4) is 0 Å². The summed E-state index contributed by atoms with van der Waals surface area (Å²) in [6.45, 7) is 0.0587. The number of nitrogens with one attached hydrogen (secondary N) is 1. The van der Waals surface area contributed by atoms with Crippen LogP contribution in [-0.2, 0) is 11.3 Å². The van der Waals surface area contributed by atoms with Crippen molar-refractivity contribution in [3.8, 4) is 11.3 Å². The van der Waals surface area contributed by atoms with E-state index in [1.54, 1.807) is 6.07 Å². The maximum absolute atomic E-state index is 10.9. The monoisotopic (exact) mass is 310 g/mol. The van der Waals surface area contributed by atoms with E-state index in [1.165, 1.54) is 7.05 Å². The number of halogens is 1. The summed E-state index contributed by atoms with van der Waals surface area (Å²) >= 11 is 3.36. The molecule has 0 aliphatic carbocycles. The molecule has 0 saturated heterocycles. The molecular weight excluding hydrogens is 300 g/mol. The molecule has 1 aromatic heterocycles. The molecule has 1 N–H and O–H groups in total. The molecular formula is C12H11BrN2O3. The molecule has 5 nitrogen and oxygen atoms in total. The van der Waals surface area contributed by atoms with Crippen molar-refractivity contribution in [2.24, 2.45) is 0 Å². The average molecular weight is 311 g/mol. The van der Waals surface area contributed by atoms with Gasteiger partial charge in [0.1, 0.15) is 5.69 Å². The molecule has 0 radical (unpaired) electrons. The first kappa shape index (κ1) is 12.6. The molecule has 2 aromatic rings. The van der Waals surface area contributed by atoms with Crippen LogP contribution < -0.4 is 5.32 Å². The summed E-state index contributed by atoms with van der Waals surface area (Å²) in [6, 6.07) is 9.43. The van der Waals surface area contributed by atoms with Crippen LogP contribution in [0.2, 0.25) is 0 Å². The van der Waals surface area contributed by atoms with Crippen LogP contribution in [0, 0.1) is 0 Å². The highest BCUT2D eigenvalue weighted by Gasteiger charge is 2.08. The second-order valence-electron chi connectivity index (χ2n) is 3.51. The predicted octanol–water partition coefficient (Wildman–Crippen LogP) is 2.96. The fraction of sp³-hybridized carbons (Fsp3) is 0.167. The van der Waals surface area contributed by atoms with Gasteiger partial charge in [-0.3, -0.25) is 0 Å². The molecule has 6 heteroatoms. The molecule has 0 bridgehead atoms. The highest BCUT2D eigenvalue weighted by Crippen LogP contribution is 2.21. The van der Waals surface area contributed by atoms with Crippen molar-refractivity contribution in [3.63, 3.8) is 0 Å². The van der Waals surface area contributed by atoms with E-state index in [2.05, 4.69) is 26.4 Å². The van der Waals surface area contributed by atoms with Crippen molar-refractivity contribution in [1.29, 1.82) is 0 Å². The average Bonchev–Trinajstić information content (AvgIpc) is 2.85. The molecule has 0 aliphatic heterocycles. The van der Waals surface area contributed by atoms with Gasteiger partial charge in [-0.1, -0.05) is 33.2 Å². The second kappa shape index (κ2) is 5.68. The van der Waals surface area contributed by atoms with Gasteiger partial charge in [-0.25, -0.2) is 4.79 Å². The fourth-order valence-electron chi connectivity index (χ4n) is 1.35. The summed E-state index contributed by atoms with van der Waals surface area (Å²) < 4.78 is 10.9. The molecule has 0 fully saturated rings. The van der Waals surface area contributed by atoms with Crippen LogP contribution in [0.15, 0.2) is 39.3 Å². The van der Waals surface area contributed by atoms with E-state index in [9.17, 15) is 4.79 Å². The van der Waals surface area contributed by atoms with E-state index in [0.29, 0.717) is 11.5 Å². The third kappa shape index (κ3) is 3.10. The van der Waals surface area contributed by atoms with E-state index in [1.807, 2.05) is 24.3 Å². The zero-order valence-electron chi connectivity index (χ0n) is 9.64. The van der Waals surface area contributed by atoms with Crippen molar-refractivity contribution in [1.82, 2.24) is 10.5 Å². The van der Waals surface area contributed by atoms with Crippen molar-refractivity contribution in [3.05, 3.63) is 40.6 Å². The van der Waals surface area contributed by atoms with Crippen LogP contribution >= 0.6 is 15.9 Å². The van der Waals surface area contributed by atoms with Crippen LogP contribution in [0.25, 0.3) is 11.3 Å². The maximum Gasteiger partial charge on any atom is 0.407 e. The van der Waals surface area contributed by atoms with Crippen LogP contribution in [-0.4, -0.2) is 18.3 Å².